The number of carboxylic acid groups (broad SMARTS) is 1. The number of hydroxylamine groups is 2. The first-order valence-corrected chi connectivity index (χ1v) is 14.4. The number of hydrogen-bond donors (Lipinski definition) is 1. The van der Waals surface area contributed by atoms with Crippen molar-refractivity contribution in [2.24, 2.45) is 0 Å². The molecule has 4 rings (SSSR count). The molecule has 0 bridgehead atoms. The van der Waals surface area contributed by atoms with Gasteiger partial charge in [0, 0.05) is 29.0 Å². The van der Waals surface area contributed by atoms with Gasteiger partial charge in [-0.25, -0.2) is 9.59 Å². The fraction of sp³-hybridized carbons (Fsp3) is 0.345. The first-order valence-electron chi connectivity index (χ1n) is 12.8. The lowest BCUT2D eigenvalue weighted by Gasteiger charge is -2.31. The van der Waals surface area contributed by atoms with Crippen molar-refractivity contribution in [2.45, 2.75) is 51.7 Å². The summed E-state index contributed by atoms with van der Waals surface area (Å²) in [6.07, 6.45) is 0.741. The molecule has 1 amide bonds. The quantitative estimate of drug-likeness (QED) is 0.287. The molecule has 1 saturated heterocycles. The van der Waals surface area contributed by atoms with Gasteiger partial charge in [0.25, 0.3) is 5.91 Å². The van der Waals surface area contributed by atoms with Gasteiger partial charge in [-0.3, -0.25) is 4.79 Å². The highest BCUT2D eigenvalue weighted by molar-refractivity contribution is 7.18. The number of amides is 1. The normalized spacial score (nSPS) is 16.2. The number of benzene rings is 2. The zero-order valence-corrected chi connectivity index (χ0v) is 24.7. The topological polar surface area (TPSA) is 96.4 Å². The number of ether oxygens (including phenoxy) is 1. The number of carboxylic acids is 1. The second-order valence-corrected chi connectivity index (χ2v) is 12.3. The van der Waals surface area contributed by atoms with Crippen LogP contribution in [0.5, 0.6) is 0 Å². The molecule has 0 spiro atoms. The predicted molar refractivity (Wildman–Crippen MR) is 157 cm³/mol. The molecule has 0 radical (unpaired) electrons. The Morgan fingerprint density at radius 1 is 1.02 bits per heavy atom. The molecule has 1 aliphatic rings. The van der Waals surface area contributed by atoms with E-state index in [4.69, 9.17) is 32.8 Å². The van der Waals surface area contributed by atoms with Gasteiger partial charge >= 0.3 is 12.1 Å². The molecule has 2 heterocycles. The van der Waals surface area contributed by atoms with Gasteiger partial charge < -0.3 is 19.6 Å². The highest BCUT2D eigenvalue weighted by atomic mass is 35.5. The summed E-state index contributed by atoms with van der Waals surface area (Å²) in [5.41, 5.74) is 0.644. The number of rotatable bonds is 6. The SMILES string of the molecule is CC(C)(C)OC(=O)ON1CCCC(N(C(=O)c2ccc(Cl)cc2Cl)c2cc(-c3ccccc3)sc2C(=O)O)CC1. The third-order valence-electron chi connectivity index (χ3n) is 6.22. The second-order valence-electron chi connectivity index (χ2n) is 10.4. The summed E-state index contributed by atoms with van der Waals surface area (Å²) in [4.78, 5) is 46.5. The number of anilines is 1. The van der Waals surface area contributed by atoms with Crippen LogP contribution in [0, 0.1) is 0 Å². The fourth-order valence-corrected chi connectivity index (χ4v) is 5.98. The lowest BCUT2D eigenvalue weighted by molar-refractivity contribution is -0.141. The van der Waals surface area contributed by atoms with E-state index < -0.39 is 29.7 Å². The van der Waals surface area contributed by atoms with Crippen LogP contribution in [-0.2, 0) is 9.57 Å². The van der Waals surface area contributed by atoms with E-state index in [0.717, 1.165) is 21.8 Å². The molecule has 2 aromatic carbocycles. The van der Waals surface area contributed by atoms with E-state index in [1.807, 2.05) is 30.3 Å². The molecule has 1 N–H and O–H groups in total. The minimum Gasteiger partial charge on any atom is -0.477 e. The van der Waals surface area contributed by atoms with Crippen molar-refractivity contribution in [3.63, 3.8) is 0 Å². The zero-order valence-electron chi connectivity index (χ0n) is 22.4. The molecule has 11 heteroatoms. The number of thiophene rings is 1. The first kappa shape index (κ1) is 29.9. The van der Waals surface area contributed by atoms with Gasteiger partial charge in [-0.1, -0.05) is 53.5 Å². The number of halogens is 2. The molecule has 0 saturated carbocycles. The van der Waals surface area contributed by atoms with Crippen molar-refractivity contribution in [3.05, 3.63) is 75.1 Å². The van der Waals surface area contributed by atoms with Gasteiger partial charge in [0.1, 0.15) is 10.5 Å². The summed E-state index contributed by atoms with van der Waals surface area (Å²) in [5.74, 6) is -1.57. The van der Waals surface area contributed by atoms with Gasteiger partial charge in [0.2, 0.25) is 0 Å². The molecule has 0 aliphatic carbocycles. The minimum absolute atomic E-state index is 0.0448. The third kappa shape index (κ3) is 7.34. The Labute approximate surface area is 247 Å². The van der Waals surface area contributed by atoms with E-state index in [9.17, 15) is 19.5 Å². The smallest absolute Gasteiger partial charge is 0.477 e. The maximum Gasteiger partial charge on any atom is 0.528 e. The largest absolute Gasteiger partial charge is 0.528 e. The Morgan fingerprint density at radius 2 is 1.75 bits per heavy atom. The number of aromatic carboxylic acids is 1. The Hall–Kier alpha value is -3.11. The van der Waals surface area contributed by atoms with E-state index in [1.54, 1.807) is 39.0 Å². The number of nitrogens with zero attached hydrogens (tertiary/aromatic N) is 2. The van der Waals surface area contributed by atoms with E-state index >= 15 is 0 Å². The van der Waals surface area contributed by atoms with Crippen molar-refractivity contribution in [1.29, 1.82) is 0 Å². The van der Waals surface area contributed by atoms with Crippen LogP contribution in [0.15, 0.2) is 54.6 Å². The molecule has 1 atom stereocenters. The zero-order chi connectivity index (χ0) is 29.0. The molecule has 1 fully saturated rings. The molecule has 8 nitrogen and oxygen atoms in total. The predicted octanol–water partition coefficient (Wildman–Crippen LogP) is 7.79. The molecule has 3 aromatic rings. The fourth-order valence-electron chi connectivity index (χ4n) is 4.50. The van der Waals surface area contributed by atoms with Crippen molar-refractivity contribution in [3.8, 4) is 10.4 Å². The summed E-state index contributed by atoms with van der Waals surface area (Å²) in [5, 5.41) is 12.2. The first-order chi connectivity index (χ1) is 18.9. The van der Waals surface area contributed by atoms with E-state index in [-0.39, 0.29) is 15.5 Å². The molecule has 1 unspecified atom stereocenters. The second kappa shape index (κ2) is 12.6. The maximum absolute atomic E-state index is 14.1. The van der Waals surface area contributed by atoms with Crippen LogP contribution in [0.3, 0.4) is 0 Å². The van der Waals surface area contributed by atoms with Crippen molar-refractivity contribution < 1.29 is 29.1 Å². The van der Waals surface area contributed by atoms with Crippen LogP contribution < -0.4 is 4.90 Å². The monoisotopic (exact) mass is 604 g/mol. The van der Waals surface area contributed by atoms with E-state index in [0.29, 0.717) is 43.1 Å². The van der Waals surface area contributed by atoms with Crippen LogP contribution >= 0.6 is 34.5 Å². The molecule has 1 aromatic heterocycles. The van der Waals surface area contributed by atoms with Gasteiger partial charge in [-0.05, 0) is 69.9 Å². The molecular formula is C29H30Cl2N2O6S. The minimum atomic E-state index is -1.13. The summed E-state index contributed by atoms with van der Waals surface area (Å²) in [6, 6.07) is 15.3. The van der Waals surface area contributed by atoms with Crippen LogP contribution in [0.2, 0.25) is 10.0 Å². The van der Waals surface area contributed by atoms with Crippen LogP contribution in [0.4, 0.5) is 10.5 Å². The number of carbonyl (C=O) groups is 3. The van der Waals surface area contributed by atoms with Crippen molar-refractivity contribution in [1.82, 2.24) is 5.06 Å². The summed E-state index contributed by atoms with van der Waals surface area (Å²) in [6.45, 7) is 6.01. The average molecular weight is 606 g/mol. The highest BCUT2D eigenvalue weighted by Crippen LogP contribution is 2.40. The lowest BCUT2D eigenvalue weighted by Crippen LogP contribution is -2.42. The number of hydrogen-bond acceptors (Lipinski definition) is 7. The number of carbonyl (C=O) groups excluding carboxylic acids is 2. The van der Waals surface area contributed by atoms with Crippen LogP contribution in [0.1, 0.15) is 60.1 Å². The third-order valence-corrected chi connectivity index (χ3v) is 7.93. The van der Waals surface area contributed by atoms with Gasteiger partial charge in [-0.15, -0.1) is 16.4 Å². The Bertz CT molecular complexity index is 1390. The van der Waals surface area contributed by atoms with Crippen molar-refractivity contribution >= 4 is 58.3 Å². The Morgan fingerprint density at radius 3 is 2.40 bits per heavy atom. The summed E-state index contributed by atoms with van der Waals surface area (Å²) in [7, 11) is 0. The molecule has 40 heavy (non-hydrogen) atoms. The molecule has 212 valence electrons. The molecular weight excluding hydrogens is 575 g/mol. The van der Waals surface area contributed by atoms with Crippen molar-refractivity contribution in [2.75, 3.05) is 18.0 Å². The van der Waals surface area contributed by atoms with Gasteiger partial charge in [0.15, 0.2) is 0 Å². The maximum atomic E-state index is 14.1. The van der Waals surface area contributed by atoms with E-state index in [1.165, 1.54) is 16.0 Å². The Balaban J connectivity index is 1.70. The van der Waals surface area contributed by atoms with Gasteiger partial charge in [-0.2, -0.15) is 0 Å². The van der Waals surface area contributed by atoms with Crippen LogP contribution in [-0.4, -0.2) is 52.9 Å². The van der Waals surface area contributed by atoms with E-state index in [2.05, 4.69) is 0 Å². The summed E-state index contributed by atoms with van der Waals surface area (Å²) >= 11 is 13.6. The summed E-state index contributed by atoms with van der Waals surface area (Å²) < 4.78 is 5.27. The average Bonchev–Trinajstić information content (AvgIpc) is 3.19. The Kier molecular flexibility index (Phi) is 9.41. The lowest BCUT2D eigenvalue weighted by atomic mass is 10.0. The standard InChI is InChI=1S/C29H30Cl2N2O6S/c1-29(2,3)38-28(37)39-32-14-7-10-20(13-15-32)33(26(34)21-12-11-19(30)16-22(21)31)23-17-24(40-25(23)27(35)36)18-8-5-4-6-9-18/h4-6,8-9,11-12,16-17,20H,7,10,13-15H2,1-3H3,(H,35,36). The van der Waals surface area contributed by atoms with Gasteiger partial charge in [0.05, 0.1) is 16.3 Å². The van der Waals surface area contributed by atoms with Crippen LogP contribution in [0.25, 0.3) is 10.4 Å². The highest BCUT2D eigenvalue weighted by Gasteiger charge is 2.34. The molecule has 1 aliphatic heterocycles.